The van der Waals surface area contributed by atoms with Gasteiger partial charge in [-0.3, -0.25) is 10.3 Å². The first kappa shape index (κ1) is 14.7. The Morgan fingerprint density at radius 1 is 1.30 bits per heavy atom. The molecule has 0 saturated carbocycles. The van der Waals surface area contributed by atoms with Crippen molar-refractivity contribution in [1.82, 2.24) is 4.90 Å². The fourth-order valence-electron chi connectivity index (χ4n) is 2.49. The maximum atomic E-state index is 7.47. The molecule has 0 spiro atoms. The first-order chi connectivity index (χ1) is 9.70. The third-order valence-corrected chi connectivity index (χ3v) is 3.76. The van der Waals surface area contributed by atoms with Crippen molar-refractivity contribution in [1.29, 1.82) is 5.41 Å². The van der Waals surface area contributed by atoms with Gasteiger partial charge in [0.05, 0.1) is 12.9 Å². The lowest BCUT2D eigenvalue weighted by Crippen LogP contribution is -2.40. The predicted octanol–water partition coefficient (Wildman–Crippen LogP) is 1.72. The van der Waals surface area contributed by atoms with Gasteiger partial charge >= 0.3 is 0 Å². The number of piperidine rings is 1. The van der Waals surface area contributed by atoms with E-state index in [2.05, 4.69) is 4.90 Å². The van der Waals surface area contributed by atoms with Gasteiger partial charge in [-0.05, 0) is 38.1 Å². The molecule has 1 fully saturated rings. The van der Waals surface area contributed by atoms with Crippen molar-refractivity contribution in [2.75, 3.05) is 33.4 Å². The summed E-state index contributed by atoms with van der Waals surface area (Å²) in [6.45, 7) is 3.51. The summed E-state index contributed by atoms with van der Waals surface area (Å²) in [5.74, 6) is 2.15. The smallest absolute Gasteiger partial charge is 0.161 e. The Labute approximate surface area is 120 Å². The molecular formula is C15H23N3O2. The van der Waals surface area contributed by atoms with Crippen LogP contribution in [0.4, 0.5) is 0 Å². The van der Waals surface area contributed by atoms with Crippen LogP contribution in [0.25, 0.3) is 0 Å². The lowest BCUT2D eigenvalue weighted by Gasteiger charge is -2.31. The van der Waals surface area contributed by atoms with Crippen LogP contribution in [0, 0.1) is 11.3 Å². The molecule has 1 aromatic carbocycles. The molecule has 5 heteroatoms. The summed E-state index contributed by atoms with van der Waals surface area (Å²) in [5, 5.41) is 7.47. The van der Waals surface area contributed by atoms with Gasteiger partial charge in [0.2, 0.25) is 0 Å². The number of rotatable bonds is 6. The average Bonchev–Trinajstić information content (AvgIpc) is 2.48. The molecule has 5 nitrogen and oxygen atoms in total. The molecule has 0 bridgehead atoms. The summed E-state index contributed by atoms with van der Waals surface area (Å²) in [6, 6.07) is 7.68. The minimum absolute atomic E-state index is 0.265. The number of amidine groups is 1. The number of likely N-dealkylation sites (tertiary alicyclic amines) is 1. The Bertz CT molecular complexity index is 442. The number of hydrogen-bond donors (Lipinski definition) is 2. The van der Waals surface area contributed by atoms with Gasteiger partial charge in [-0.2, -0.15) is 0 Å². The van der Waals surface area contributed by atoms with Crippen molar-refractivity contribution in [2.45, 2.75) is 12.8 Å². The van der Waals surface area contributed by atoms with E-state index in [1.54, 1.807) is 7.11 Å². The molecule has 3 N–H and O–H groups in total. The minimum Gasteiger partial charge on any atom is -0.493 e. The van der Waals surface area contributed by atoms with Crippen molar-refractivity contribution in [2.24, 2.45) is 11.7 Å². The summed E-state index contributed by atoms with van der Waals surface area (Å²) >= 11 is 0. The van der Waals surface area contributed by atoms with E-state index in [-0.39, 0.29) is 5.92 Å². The number of ether oxygens (including phenoxy) is 2. The Morgan fingerprint density at radius 3 is 2.55 bits per heavy atom. The van der Waals surface area contributed by atoms with Crippen molar-refractivity contribution >= 4 is 5.84 Å². The third-order valence-electron chi connectivity index (χ3n) is 3.76. The van der Waals surface area contributed by atoms with Crippen molar-refractivity contribution in [3.05, 3.63) is 24.3 Å². The second kappa shape index (κ2) is 7.14. The molecular weight excluding hydrogens is 254 g/mol. The number of para-hydroxylation sites is 2. The first-order valence-electron chi connectivity index (χ1n) is 7.03. The van der Waals surface area contributed by atoms with Gasteiger partial charge in [0.25, 0.3) is 0 Å². The second-order valence-corrected chi connectivity index (χ2v) is 5.07. The summed E-state index contributed by atoms with van der Waals surface area (Å²) in [6.07, 6.45) is 1.95. The molecule has 110 valence electrons. The van der Waals surface area contributed by atoms with Crippen molar-refractivity contribution < 1.29 is 9.47 Å². The SMILES string of the molecule is COc1ccccc1OCCN1CCC(C(=N)N)CC1. The van der Waals surface area contributed by atoms with E-state index >= 15 is 0 Å². The number of nitrogens with zero attached hydrogens (tertiary/aromatic N) is 1. The third kappa shape index (κ3) is 3.87. The van der Waals surface area contributed by atoms with Crippen LogP contribution >= 0.6 is 0 Å². The lowest BCUT2D eigenvalue weighted by atomic mass is 9.96. The van der Waals surface area contributed by atoms with Crippen molar-refractivity contribution in [3.63, 3.8) is 0 Å². The monoisotopic (exact) mass is 277 g/mol. The lowest BCUT2D eigenvalue weighted by molar-refractivity contribution is 0.169. The van der Waals surface area contributed by atoms with E-state index in [0.717, 1.165) is 44.0 Å². The van der Waals surface area contributed by atoms with Gasteiger partial charge in [0, 0.05) is 12.5 Å². The maximum absolute atomic E-state index is 7.47. The fourth-order valence-corrected chi connectivity index (χ4v) is 2.49. The average molecular weight is 277 g/mol. The number of nitrogens with one attached hydrogen (secondary N) is 1. The van der Waals surface area contributed by atoms with Gasteiger partial charge in [0.1, 0.15) is 6.61 Å². The van der Waals surface area contributed by atoms with Crippen molar-refractivity contribution in [3.8, 4) is 11.5 Å². The Hall–Kier alpha value is -1.75. The van der Waals surface area contributed by atoms with Crippen LogP contribution in [0.1, 0.15) is 12.8 Å². The van der Waals surface area contributed by atoms with Crippen LogP contribution in [0.15, 0.2) is 24.3 Å². The Kier molecular flexibility index (Phi) is 5.24. The zero-order valence-electron chi connectivity index (χ0n) is 12.0. The molecule has 0 unspecified atom stereocenters. The molecule has 1 heterocycles. The van der Waals surface area contributed by atoms with E-state index in [1.165, 1.54) is 0 Å². The normalized spacial score (nSPS) is 16.9. The van der Waals surface area contributed by atoms with E-state index in [4.69, 9.17) is 20.6 Å². The van der Waals surface area contributed by atoms with E-state index in [1.807, 2.05) is 24.3 Å². The zero-order valence-corrected chi connectivity index (χ0v) is 12.0. The minimum atomic E-state index is 0.265. The highest BCUT2D eigenvalue weighted by molar-refractivity contribution is 5.79. The van der Waals surface area contributed by atoms with Crippen LogP contribution in [-0.2, 0) is 0 Å². The molecule has 20 heavy (non-hydrogen) atoms. The molecule has 1 aromatic rings. The fraction of sp³-hybridized carbons (Fsp3) is 0.533. The van der Waals surface area contributed by atoms with Crippen LogP contribution < -0.4 is 15.2 Å². The molecule has 0 aliphatic carbocycles. The summed E-state index contributed by atoms with van der Waals surface area (Å²) in [4.78, 5) is 2.36. The standard InChI is InChI=1S/C15H23N3O2/c1-19-13-4-2-3-5-14(13)20-11-10-18-8-6-12(7-9-18)15(16)17/h2-5,12H,6-11H2,1H3,(H3,16,17). The molecule has 1 aliphatic rings. The molecule has 0 radical (unpaired) electrons. The van der Waals surface area contributed by atoms with Crippen LogP contribution in [-0.4, -0.2) is 44.1 Å². The van der Waals surface area contributed by atoms with Crippen LogP contribution in [0.3, 0.4) is 0 Å². The summed E-state index contributed by atoms with van der Waals surface area (Å²) in [7, 11) is 1.65. The largest absolute Gasteiger partial charge is 0.493 e. The molecule has 2 rings (SSSR count). The van der Waals surface area contributed by atoms with E-state index in [0.29, 0.717) is 12.4 Å². The van der Waals surface area contributed by atoms with Gasteiger partial charge in [-0.1, -0.05) is 12.1 Å². The Balaban J connectivity index is 1.73. The topological polar surface area (TPSA) is 71.6 Å². The number of benzene rings is 1. The number of nitrogens with two attached hydrogens (primary N) is 1. The molecule has 0 amide bonds. The van der Waals surface area contributed by atoms with Crippen LogP contribution in [0.5, 0.6) is 11.5 Å². The van der Waals surface area contributed by atoms with Gasteiger partial charge in [-0.15, -0.1) is 0 Å². The van der Waals surface area contributed by atoms with Gasteiger partial charge < -0.3 is 15.2 Å². The zero-order chi connectivity index (χ0) is 14.4. The molecule has 0 aromatic heterocycles. The van der Waals surface area contributed by atoms with Gasteiger partial charge in [-0.25, -0.2) is 0 Å². The first-order valence-corrected chi connectivity index (χ1v) is 7.03. The number of hydrogen-bond acceptors (Lipinski definition) is 4. The molecule has 0 atom stereocenters. The molecule has 1 aliphatic heterocycles. The highest BCUT2D eigenvalue weighted by Crippen LogP contribution is 2.25. The van der Waals surface area contributed by atoms with Gasteiger partial charge in [0.15, 0.2) is 11.5 Å². The highest BCUT2D eigenvalue weighted by Gasteiger charge is 2.20. The van der Waals surface area contributed by atoms with E-state index < -0.39 is 0 Å². The summed E-state index contributed by atoms with van der Waals surface area (Å²) < 4.78 is 11.0. The highest BCUT2D eigenvalue weighted by atomic mass is 16.5. The second-order valence-electron chi connectivity index (χ2n) is 5.07. The number of methoxy groups -OCH3 is 1. The summed E-state index contributed by atoms with van der Waals surface area (Å²) in [5.41, 5.74) is 5.55. The quantitative estimate of drug-likeness (QED) is 0.613. The molecule has 1 saturated heterocycles. The van der Waals surface area contributed by atoms with Crippen LogP contribution in [0.2, 0.25) is 0 Å². The van der Waals surface area contributed by atoms with E-state index in [9.17, 15) is 0 Å². The predicted molar refractivity (Wildman–Crippen MR) is 79.6 cm³/mol. The Morgan fingerprint density at radius 2 is 1.95 bits per heavy atom. The maximum Gasteiger partial charge on any atom is 0.161 e.